The first kappa shape index (κ1) is 21.1. The number of rotatable bonds is 3. The van der Waals surface area contributed by atoms with E-state index in [-0.39, 0.29) is 0 Å². The number of aryl methyl sites for hydroxylation is 3. The maximum Gasteiger partial charge on any atom is 0.153 e. The Bertz CT molecular complexity index is 1700. The Morgan fingerprint density at radius 3 is 2.29 bits per heavy atom. The van der Waals surface area contributed by atoms with Gasteiger partial charge in [0.25, 0.3) is 0 Å². The van der Waals surface area contributed by atoms with Crippen LogP contribution in [0, 0.1) is 20.8 Å². The standard InChI is InChI=1S/C31H27NOS/c1-17(2)25-15-27(32-16-26(25)28-18(3)8-6-9-19(28)4)24-11-7-10-22-23-13-12-21-14-20(5)34-31(21)30(23)33-29(22)24/h6-17H,1-5H3. The third-order valence-electron chi connectivity index (χ3n) is 6.86. The Morgan fingerprint density at radius 2 is 1.53 bits per heavy atom. The minimum absolute atomic E-state index is 0.374. The van der Waals surface area contributed by atoms with Crippen molar-refractivity contribution in [2.75, 3.05) is 0 Å². The zero-order valence-corrected chi connectivity index (χ0v) is 21.0. The molecule has 168 valence electrons. The van der Waals surface area contributed by atoms with Gasteiger partial charge in [-0.25, -0.2) is 0 Å². The number of aromatic nitrogens is 1. The number of hydrogen-bond acceptors (Lipinski definition) is 3. The molecule has 2 nitrogen and oxygen atoms in total. The molecule has 0 aliphatic rings. The van der Waals surface area contributed by atoms with E-state index in [1.165, 1.54) is 48.2 Å². The van der Waals surface area contributed by atoms with Gasteiger partial charge in [0.15, 0.2) is 5.58 Å². The molecule has 0 saturated heterocycles. The van der Waals surface area contributed by atoms with Crippen LogP contribution in [0.1, 0.15) is 41.3 Å². The van der Waals surface area contributed by atoms with Gasteiger partial charge in [0.05, 0.1) is 10.4 Å². The molecule has 0 saturated carbocycles. The second kappa shape index (κ2) is 7.82. The Hall–Kier alpha value is -3.43. The van der Waals surface area contributed by atoms with Crippen molar-refractivity contribution in [2.45, 2.75) is 40.5 Å². The van der Waals surface area contributed by atoms with Gasteiger partial charge < -0.3 is 4.42 Å². The van der Waals surface area contributed by atoms with Crippen LogP contribution in [0.25, 0.3) is 54.4 Å². The largest absolute Gasteiger partial charge is 0.454 e. The highest BCUT2D eigenvalue weighted by Gasteiger charge is 2.19. The molecule has 6 aromatic rings. The van der Waals surface area contributed by atoms with Crippen LogP contribution in [-0.2, 0) is 0 Å². The van der Waals surface area contributed by atoms with Crippen molar-refractivity contribution in [3.05, 3.63) is 88.4 Å². The quantitative estimate of drug-likeness (QED) is 0.262. The lowest BCUT2D eigenvalue weighted by molar-refractivity contribution is 0.674. The fourth-order valence-electron chi connectivity index (χ4n) is 5.23. The van der Waals surface area contributed by atoms with E-state index in [0.717, 1.165) is 27.8 Å². The van der Waals surface area contributed by atoms with E-state index in [9.17, 15) is 0 Å². The summed E-state index contributed by atoms with van der Waals surface area (Å²) in [5.74, 6) is 0.374. The molecule has 0 aliphatic carbocycles. The van der Waals surface area contributed by atoms with Crippen molar-refractivity contribution in [1.82, 2.24) is 4.98 Å². The third-order valence-corrected chi connectivity index (χ3v) is 7.92. The molecule has 0 radical (unpaired) electrons. The summed E-state index contributed by atoms with van der Waals surface area (Å²) < 4.78 is 7.81. The monoisotopic (exact) mass is 461 g/mol. The van der Waals surface area contributed by atoms with Gasteiger partial charge in [-0.15, -0.1) is 11.3 Å². The highest BCUT2D eigenvalue weighted by atomic mass is 32.1. The molecule has 0 fully saturated rings. The highest BCUT2D eigenvalue weighted by molar-refractivity contribution is 7.19. The lowest BCUT2D eigenvalue weighted by atomic mass is 9.88. The number of para-hydroxylation sites is 1. The van der Waals surface area contributed by atoms with Crippen LogP contribution in [-0.4, -0.2) is 4.98 Å². The van der Waals surface area contributed by atoms with Gasteiger partial charge in [-0.3, -0.25) is 4.98 Å². The summed E-state index contributed by atoms with van der Waals surface area (Å²) in [5.41, 5.74) is 10.3. The van der Waals surface area contributed by atoms with Crippen molar-refractivity contribution in [3.63, 3.8) is 0 Å². The lowest BCUT2D eigenvalue weighted by Gasteiger charge is -2.18. The van der Waals surface area contributed by atoms with Crippen molar-refractivity contribution in [1.29, 1.82) is 0 Å². The molecular weight excluding hydrogens is 434 g/mol. The molecule has 0 unspecified atom stereocenters. The van der Waals surface area contributed by atoms with E-state index in [0.29, 0.717) is 5.92 Å². The molecule has 3 aromatic carbocycles. The lowest BCUT2D eigenvalue weighted by Crippen LogP contribution is -1.99. The van der Waals surface area contributed by atoms with Crippen LogP contribution < -0.4 is 0 Å². The van der Waals surface area contributed by atoms with Crippen molar-refractivity contribution in [3.8, 4) is 22.4 Å². The molecule has 0 N–H and O–H groups in total. The normalized spacial score (nSPS) is 11.9. The van der Waals surface area contributed by atoms with E-state index in [1.807, 2.05) is 0 Å². The molecule has 0 bridgehead atoms. The number of pyridine rings is 1. The van der Waals surface area contributed by atoms with Crippen LogP contribution >= 0.6 is 11.3 Å². The molecule has 3 heteroatoms. The molecule has 3 aromatic heterocycles. The summed E-state index contributed by atoms with van der Waals surface area (Å²) in [6.07, 6.45) is 2.06. The van der Waals surface area contributed by atoms with Crippen molar-refractivity contribution in [2.24, 2.45) is 0 Å². The predicted octanol–water partition coefficient (Wildman–Crippen LogP) is 9.58. The fourth-order valence-corrected chi connectivity index (χ4v) is 6.22. The van der Waals surface area contributed by atoms with E-state index in [2.05, 4.69) is 101 Å². The Kier molecular flexibility index (Phi) is 4.86. The Balaban J connectivity index is 1.60. The van der Waals surface area contributed by atoms with Gasteiger partial charge in [-0.1, -0.05) is 50.2 Å². The molecular formula is C31H27NOS. The topological polar surface area (TPSA) is 26.0 Å². The van der Waals surface area contributed by atoms with Crippen molar-refractivity contribution >= 4 is 43.4 Å². The number of fused-ring (bicyclic) bond motifs is 5. The van der Waals surface area contributed by atoms with Gasteiger partial charge >= 0.3 is 0 Å². The van der Waals surface area contributed by atoms with Crippen LogP contribution in [0.2, 0.25) is 0 Å². The number of benzene rings is 3. The van der Waals surface area contributed by atoms with Gasteiger partial charge in [0.1, 0.15) is 5.58 Å². The first-order valence-corrected chi connectivity index (χ1v) is 12.7. The molecule has 3 heterocycles. The van der Waals surface area contributed by atoms with Crippen LogP contribution in [0.3, 0.4) is 0 Å². The van der Waals surface area contributed by atoms with E-state index in [4.69, 9.17) is 9.40 Å². The summed E-state index contributed by atoms with van der Waals surface area (Å²) >= 11 is 1.80. The molecule has 0 atom stereocenters. The molecule has 6 rings (SSSR count). The predicted molar refractivity (Wildman–Crippen MR) is 146 cm³/mol. The maximum atomic E-state index is 6.59. The van der Waals surface area contributed by atoms with Crippen LogP contribution in [0.5, 0.6) is 0 Å². The smallest absolute Gasteiger partial charge is 0.153 e. The van der Waals surface area contributed by atoms with E-state index < -0.39 is 0 Å². The second-order valence-electron chi connectivity index (χ2n) is 9.58. The summed E-state index contributed by atoms with van der Waals surface area (Å²) in [5, 5.41) is 3.56. The number of nitrogens with zero attached hydrogens (tertiary/aromatic N) is 1. The second-order valence-corrected chi connectivity index (χ2v) is 10.8. The SMILES string of the molecule is Cc1cc2ccc3c4cccc(-c5cc(C(C)C)c(-c6c(C)cccc6C)cn5)c4oc3c2s1. The van der Waals surface area contributed by atoms with Crippen LogP contribution in [0.15, 0.2) is 71.3 Å². The van der Waals surface area contributed by atoms with E-state index >= 15 is 0 Å². The summed E-state index contributed by atoms with van der Waals surface area (Å²) in [7, 11) is 0. The Labute approximate surface area is 203 Å². The van der Waals surface area contributed by atoms with Gasteiger partial charge in [0.2, 0.25) is 0 Å². The zero-order valence-electron chi connectivity index (χ0n) is 20.2. The summed E-state index contributed by atoms with van der Waals surface area (Å²) in [4.78, 5) is 6.28. The summed E-state index contributed by atoms with van der Waals surface area (Å²) in [6.45, 7) is 11.0. The molecule has 0 spiro atoms. The third kappa shape index (κ3) is 3.19. The number of hydrogen-bond donors (Lipinski definition) is 0. The number of furan rings is 1. The maximum absolute atomic E-state index is 6.59. The molecule has 0 amide bonds. The molecule has 0 aliphatic heterocycles. The van der Waals surface area contributed by atoms with Gasteiger partial charge in [-0.05, 0) is 78.6 Å². The van der Waals surface area contributed by atoms with Gasteiger partial charge in [-0.2, -0.15) is 0 Å². The van der Waals surface area contributed by atoms with Gasteiger partial charge in [0, 0.05) is 33.0 Å². The average molecular weight is 462 g/mol. The van der Waals surface area contributed by atoms with Crippen molar-refractivity contribution < 1.29 is 4.42 Å². The zero-order chi connectivity index (χ0) is 23.6. The first-order chi connectivity index (χ1) is 16.4. The summed E-state index contributed by atoms with van der Waals surface area (Å²) in [6, 6.07) is 21.8. The Morgan fingerprint density at radius 1 is 0.794 bits per heavy atom. The van der Waals surface area contributed by atoms with E-state index in [1.54, 1.807) is 11.3 Å². The first-order valence-electron chi connectivity index (χ1n) is 11.8. The molecule has 34 heavy (non-hydrogen) atoms. The van der Waals surface area contributed by atoms with Crippen LogP contribution in [0.4, 0.5) is 0 Å². The minimum Gasteiger partial charge on any atom is -0.454 e. The number of thiophene rings is 1. The highest BCUT2D eigenvalue weighted by Crippen LogP contribution is 2.42. The fraction of sp³-hybridized carbons (Fsp3) is 0.194. The minimum atomic E-state index is 0.374. The average Bonchev–Trinajstić information content (AvgIpc) is 3.38.